The maximum absolute atomic E-state index is 10.7. The normalized spacial score (nSPS) is 17.9. The number of morpholine rings is 1. The van der Waals surface area contributed by atoms with Gasteiger partial charge in [-0.2, -0.15) is 0 Å². The summed E-state index contributed by atoms with van der Waals surface area (Å²) in [7, 11) is 0. The number of nitrogens with one attached hydrogen (secondary N) is 1. The highest BCUT2D eigenvalue weighted by molar-refractivity contribution is 5.56. The van der Waals surface area contributed by atoms with Crippen molar-refractivity contribution in [2.45, 2.75) is 13.0 Å². The summed E-state index contributed by atoms with van der Waals surface area (Å²) in [6.45, 7) is 4.75. The fourth-order valence-electron chi connectivity index (χ4n) is 2.01. The monoisotopic (exact) mass is 237 g/mol. The number of hydrogen-bond donors (Lipinski definition) is 2. The minimum Gasteiger partial charge on any atom is -0.388 e. The molecule has 0 radical (unpaired) electrons. The topological polar surface area (TPSA) is 63.7 Å². The van der Waals surface area contributed by atoms with Crippen molar-refractivity contribution in [2.24, 2.45) is 0 Å². The van der Waals surface area contributed by atoms with Gasteiger partial charge in [0.15, 0.2) is 0 Å². The smallest absolute Gasteiger partial charge is 0.259 e. The van der Waals surface area contributed by atoms with Crippen LogP contribution in [-0.4, -0.2) is 31.4 Å². The second-order valence-electron chi connectivity index (χ2n) is 4.15. The molecule has 5 heteroatoms. The first-order valence-corrected chi connectivity index (χ1v) is 5.75. The van der Waals surface area contributed by atoms with E-state index in [0.717, 1.165) is 18.8 Å². The molecule has 5 nitrogen and oxygen atoms in total. The number of aliphatic hydroxyl groups is 1. The van der Waals surface area contributed by atoms with Crippen LogP contribution in [0.15, 0.2) is 18.2 Å². The molecule has 1 heterocycles. The molecule has 1 aliphatic heterocycles. The molecule has 1 unspecified atom stereocenters. The first kappa shape index (κ1) is 12.0. The van der Waals surface area contributed by atoms with Gasteiger partial charge in [0.25, 0.3) is 5.69 Å². The van der Waals surface area contributed by atoms with E-state index in [1.54, 1.807) is 13.0 Å². The molecule has 0 amide bonds. The molecule has 0 spiro atoms. The van der Waals surface area contributed by atoms with Crippen molar-refractivity contribution in [3.63, 3.8) is 0 Å². The van der Waals surface area contributed by atoms with Crippen molar-refractivity contribution in [1.82, 2.24) is 0 Å². The van der Waals surface area contributed by atoms with E-state index in [2.05, 4.69) is 4.90 Å². The molecule has 1 aliphatic rings. The molecule has 0 aliphatic carbocycles. The van der Waals surface area contributed by atoms with Crippen molar-refractivity contribution in [3.05, 3.63) is 28.7 Å². The van der Waals surface area contributed by atoms with E-state index in [1.807, 2.05) is 17.3 Å². The van der Waals surface area contributed by atoms with Gasteiger partial charge in [0.1, 0.15) is 0 Å². The van der Waals surface area contributed by atoms with Gasteiger partial charge in [-0.15, -0.1) is 0 Å². The number of aliphatic hydroxyl groups excluding tert-OH is 1. The Balaban J connectivity index is 2.29. The molecule has 1 atom stereocenters. The standard InChI is InChI=1S/C12H16N2O3/c1-9(15)11-8-10(2-3-12(11)13-16)14-4-6-17-7-5-14/h2-3,8-9,15H,4-7H2,1H3/p+1. The third-order valence-corrected chi connectivity index (χ3v) is 2.97. The summed E-state index contributed by atoms with van der Waals surface area (Å²) in [4.78, 5) is 12.9. The SMILES string of the molecule is CC(O)c1cc(N2CCOCC2)ccc1[NH+]=O. The number of nitroso groups, excluding NO2 is 1. The summed E-state index contributed by atoms with van der Waals surface area (Å²) in [5, 5.41) is 11.5. The van der Waals surface area contributed by atoms with Crippen LogP contribution in [-0.2, 0) is 4.74 Å². The number of hydrogen-bond acceptors (Lipinski definition) is 4. The van der Waals surface area contributed by atoms with Crippen LogP contribution >= 0.6 is 0 Å². The Morgan fingerprint density at radius 3 is 2.71 bits per heavy atom. The minimum absolute atomic E-state index is 0.428. The van der Waals surface area contributed by atoms with Crippen LogP contribution in [0.5, 0.6) is 0 Å². The molecule has 17 heavy (non-hydrogen) atoms. The van der Waals surface area contributed by atoms with E-state index in [4.69, 9.17) is 4.74 Å². The van der Waals surface area contributed by atoms with E-state index in [9.17, 15) is 10.0 Å². The van der Waals surface area contributed by atoms with Gasteiger partial charge in [-0.25, -0.2) is 0 Å². The predicted octanol–water partition coefficient (Wildman–Crippen LogP) is 0.0550. The number of ether oxygens (including phenoxy) is 1. The first-order valence-electron chi connectivity index (χ1n) is 5.75. The van der Waals surface area contributed by atoms with E-state index in [-0.39, 0.29) is 0 Å². The number of rotatable bonds is 3. The maximum Gasteiger partial charge on any atom is 0.259 e. The van der Waals surface area contributed by atoms with Gasteiger partial charge in [-0.05, 0) is 19.1 Å². The second kappa shape index (κ2) is 5.25. The van der Waals surface area contributed by atoms with Gasteiger partial charge in [0, 0.05) is 34.9 Å². The van der Waals surface area contributed by atoms with E-state index < -0.39 is 6.10 Å². The molecule has 1 aromatic carbocycles. The average molecular weight is 237 g/mol. The van der Waals surface area contributed by atoms with Gasteiger partial charge >= 0.3 is 0 Å². The number of benzene rings is 1. The van der Waals surface area contributed by atoms with E-state index in [1.165, 1.54) is 0 Å². The predicted molar refractivity (Wildman–Crippen MR) is 64.1 cm³/mol. The van der Waals surface area contributed by atoms with Gasteiger partial charge in [-0.3, -0.25) is 0 Å². The Morgan fingerprint density at radius 2 is 2.12 bits per heavy atom. The van der Waals surface area contributed by atoms with Crippen molar-refractivity contribution >= 4 is 11.4 Å². The molecule has 92 valence electrons. The zero-order valence-electron chi connectivity index (χ0n) is 9.85. The molecule has 2 N–H and O–H groups in total. The fraction of sp³-hybridized carbons (Fsp3) is 0.500. The summed E-state index contributed by atoms with van der Waals surface area (Å²) in [6.07, 6.45) is -0.660. The van der Waals surface area contributed by atoms with E-state index >= 15 is 0 Å². The molecular weight excluding hydrogens is 220 g/mol. The Morgan fingerprint density at radius 1 is 1.41 bits per heavy atom. The van der Waals surface area contributed by atoms with Crippen LogP contribution in [0.3, 0.4) is 0 Å². The third-order valence-electron chi connectivity index (χ3n) is 2.97. The quantitative estimate of drug-likeness (QED) is 0.780. The van der Waals surface area contributed by atoms with E-state index in [0.29, 0.717) is 24.5 Å². The molecule has 0 bridgehead atoms. The summed E-state index contributed by atoms with van der Waals surface area (Å²) >= 11 is 0. The molecule has 1 fully saturated rings. The second-order valence-corrected chi connectivity index (χ2v) is 4.15. The lowest BCUT2D eigenvalue weighted by molar-refractivity contribution is -0.380. The van der Waals surface area contributed by atoms with Crippen molar-refractivity contribution in [3.8, 4) is 0 Å². The Labute approximate surface area is 100.0 Å². The van der Waals surface area contributed by atoms with Gasteiger partial charge in [-0.1, -0.05) is 0 Å². The molecule has 0 aromatic heterocycles. The van der Waals surface area contributed by atoms with Crippen LogP contribution in [0.2, 0.25) is 0 Å². The number of nitrogens with zero attached hydrogens (tertiary/aromatic N) is 1. The van der Waals surface area contributed by atoms with Crippen LogP contribution < -0.4 is 10.1 Å². The summed E-state index contributed by atoms with van der Waals surface area (Å²) in [5.41, 5.74) is 2.07. The highest BCUT2D eigenvalue weighted by Gasteiger charge is 2.17. The Kier molecular flexibility index (Phi) is 3.71. The van der Waals surface area contributed by atoms with Crippen LogP contribution in [0.4, 0.5) is 11.4 Å². The summed E-state index contributed by atoms with van der Waals surface area (Å²) in [6, 6.07) is 5.45. The highest BCUT2D eigenvalue weighted by Crippen LogP contribution is 2.25. The number of anilines is 1. The lowest BCUT2D eigenvalue weighted by Crippen LogP contribution is -2.56. The first-order chi connectivity index (χ1) is 8.22. The lowest BCUT2D eigenvalue weighted by Gasteiger charge is -2.29. The zero-order chi connectivity index (χ0) is 12.3. The van der Waals surface area contributed by atoms with Crippen LogP contribution in [0.25, 0.3) is 0 Å². The van der Waals surface area contributed by atoms with Crippen LogP contribution in [0.1, 0.15) is 18.6 Å². The fourth-order valence-corrected chi connectivity index (χ4v) is 2.01. The highest BCUT2D eigenvalue weighted by atomic mass is 16.5. The summed E-state index contributed by atoms with van der Waals surface area (Å²) < 4.78 is 5.29. The molecule has 1 aromatic rings. The maximum atomic E-state index is 10.7. The van der Waals surface area contributed by atoms with Crippen molar-refractivity contribution < 1.29 is 15.0 Å². The Hall–Kier alpha value is -1.46. The lowest BCUT2D eigenvalue weighted by atomic mass is 10.1. The molecular formula is C12H17N2O3+. The van der Waals surface area contributed by atoms with Gasteiger partial charge < -0.3 is 14.7 Å². The zero-order valence-corrected chi connectivity index (χ0v) is 9.85. The van der Waals surface area contributed by atoms with Gasteiger partial charge in [0.2, 0.25) is 0 Å². The summed E-state index contributed by atoms with van der Waals surface area (Å²) in [5.74, 6) is 0. The Bertz CT molecular complexity index is 401. The molecule has 1 saturated heterocycles. The van der Waals surface area contributed by atoms with Crippen LogP contribution in [0, 0.1) is 4.91 Å². The van der Waals surface area contributed by atoms with Crippen molar-refractivity contribution in [2.75, 3.05) is 31.2 Å². The molecule has 0 saturated carbocycles. The van der Waals surface area contributed by atoms with Gasteiger partial charge in [0.05, 0.1) is 24.9 Å². The largest absolute Gasteiger partial charge is 0.388 e. The average Bonchev–Trinajstić information content (AvgIpc) is 2.39. The molecule has 2 rings (SSSR count). The van der Waals surface area contributed by atoms with Crippen molar-refractivity contribution in [1.29, 1.82) is 0 Å². The third kappa shape index (κ3) is 2.62. The minimum atomic E-state index is -0.660.